The first-order valence-corrected chi connectivity index (χ1v) is 7.15. The van der Waals surface area contributed by atoms with Gasteiger partial charge in [0.05, 0.1) is 6.04 Å². The number of urea groups is 1. The van der Waals surface area contributed by atoms with Crippen LogP contribution in [0, 0.1) is 0 Å². The molecule has 3 N–H and O–H groups in total. The van der Waals surface area contributed by atoms with Crippen LogP contribution in [0.1, 0.15) is 19.8 Å². The number of amides is 3. The molecule has 1 aliphatic rings. The smallest absolute Gasteiger partial charge is 0.321 e. The van der Waals surface area contributed by atoms with Gasteiger partial charge < -0.3 is 10.6 Å². The molecular weight excluding hydrogens is 242 g/mol. The Morgan fingerprint density at radius 1 is 1.29 bits per heavy atom. The Hall–Kier alpha value is -0.950. The molecule has 0 saturated carbocycles. The first kappa shape index (κ1) is 14.1. The summed E-state index contributed by atoms with van der Waals surface area (Å²) in [6.07, 6.45) is 1.62. The molecule has 1 fully saturated rings. The van der Waals surface area contributed by atoms with Gasteiger partial charge in [-0.3, -0.25) is 14.3 Å². The van der Waals surface area contributed by atoms with Crippen molar-refractivity contribution >= 4 is 22.7 Å². The Bertz CT molecular complexity index is 312. The van der Waals surface area contributed by atoms with Gasteiger partial charge in [-0.15, -0.1) is 0 Å². The lowest BCUT2D eigenvalue weighted by Gasteiger charge is -2.25. The molecule has 1 atom stereocenters. The lowest BCUT2D eigenvalue weighted by molar-refractivity contribution is -0.121. The minimum atomic E-state index is -0.702. The predicted octanol–water partition coefficient (Wildman–Crippen LogP) is -0.669. The molecule has 0 aromatic rings. The third-order valence-electron chi connectivity index (χ3n) is 2.73. The van der Waals surface area contributed by atoms with Gasteiger partial charge in [0, 0.05) is 35.4 Å². The van der Waals surface area contributed by atoms with Crippen molar-refractivity contribution in [3.05, 3.63) is 0 Å². The maximum absolute atomic E-state index is 11.6. The van der Waals surface area contributed by atoms with Crippen LogP contribution in [-0.2, 0) is 15.6 Å². The van der Waals surface area contributed by atoms with Crippen molar-refractivity contribution in [2.75, 3.05) is 18.6 Å². The summed E-state index contributed by atoms with van der Waals surface area (Å²) < 4.78 is 11.2. The molecular formula is C10H19N3O3S. The van der Waals surface area contributed by atoms with E-state index in [0.717, 1.165) is 12.8 Å². The van der Waals surface area contributed by atoms with Crippen LogP contribution in [0.2, 0.25) is 0 Å². The standard InChI is InChI=1S/C10H19N3O3S/c1-7(9(14)13-10(15)11-2)12-8-3-5-17(16)6-4-8/h7-8,12H,3-6H2,1-2H3,(H2,11,13,14,15). The van der Waals surface area contributed by atoms with Gasteiger partial charge in [-0.05, 0) is 19.8 Å². The Balaban J connectivity index is 2.33. The molecule has 1 aliphatic heterocycles. The van der Waals surface area contributed by atoms with E-state index in [1.54, 1.807) is 6.92 Å². The topological polar surface area (TPSA) is 87.3 Å². The van der Waals surface area contributed by atoms with E-state index in [4.69, 9.17) is 0 Å². The molecule has 0 spiro atoms. The van der Waals surface area contributed by atoms with Crippen LogP contribution in [0.3, 0.4) is 0 Å². The fourth-order valence-corrected chi connectivity index (χ4v) is 2.97. The molecule has 0 aromatic heterocycles. The van der Waals surface area contributed by atoms with E-state index in [9.17, 15) is 13.8 Å². The van der Waals surface area contributed by atoms with Crippen LogP contribution < -0.4 is 16.0 Å². The van der Waals surface area contributed by atoms with Gasteiger partial charge in [0.1, 0.15) is 0 Å². The fraction of sp³-hybridized carbons (Fsp3) is 0.800. The van der Waals surface area contributed by atoms with Gasteiger partial charge >= 0.3 is 6.03 Å². The van der Waals surface area contributed by atoms with Gasteiger partial charge in [0.25, 0.3) is 0 Å². The normalized spacial score (nSPS) is 26.0. The summed E-state index contributed by atoms with van der Waals surface area (Å²) in [5.74, 6) is 1.01. The molecule has 0 aromatic carbocycles. The molecule has 0 radical (unpaired) electrons. The van der Waals surface area contributed by atoms with E-state index in [2.05, 4.69) is 16.0 Å². The monoisotopic (exact) mass is 261 g/mol. The van der Waals surface area contributed by atoms with Crippen molar-refractivity contribution in [1.29, 1.82) is 0 Å². The number of imide groups is 1. The van der Waals surface area contributed by atoms with E-state index >= 15 is 0 Å². The summed E-state index contributed by atoms with van der Waals surface area (Å²) in [5.41, 5.74) is 0. The third kappa shape index (κ3) is 4.82. The van der Waals surface area contributed by atoms with E-state index < -0.39 is 22.9 Å². The fourth-order valence-electron chi connectivity index (χ4n) is 1.67. The first-order valence-electron chi connectivity index (χ1n) is 5.66. The van der Waals surface area contributed by atoms with Gasteiger partial charge in [-0.1, -0.05) is 0 Å². The summed E-state index contributed by atoms with van der Waals surface area (Å²) in [4.78, 5) is 22.5. The minimum Gasteiger partial charge on any atom is -0.341 e. The van der Waals surface area contributed by atoms with Crippen molar-refractivity contribution in [2.45, 2.75) is 31.8 Å². The van der Waals surface area contributed by atoms with E-state index in [-0.39, 0.29) is 11.9 Å². The lowest BCUT2D eigenvalue weighted by Crippen LogP contribution is -2.51. The minimum absolute atomic E-state index is 0.207. The predicted molar refractivity (Wildman–Crippen MR) is 66.1 cm³/mol. The zero-order valence-electron chi connectivity index (χ0n) is 10.1. The van der Waals surface area contributed by atoms with Crippen LogP contribution in [0.5, 0.6) is 0 Å². The second kappa shape index (κ2) is 6.70. The van der Waals surface area contributed by atoms with Crippen LogP contribution in [0.15, 0.2) is 0 Å². The zero-order valence-corrected chi connectivity index (χ0v) is 10.9. The molecule has 0 aliphatic carbocycles. The second-order valence-corrected chi connectivity index (χ2v) is 5.78. The third-order valence-corrected chi connectivity index (χ3v) is 4.11. The van der Waals surface area contributed by atoms with E-state index in [1.165, 1.54) is 7.05 Å². The SMILES string of the molecule is CNC(=O)NC(=O)C(C)NC1CCS(=O)CC1. The number of hydrogen-bond acceptors (Lipinski definition) is 4. The lowest BCUT2D eigenvalue weighted by atomic mass is 10.1. The largest absolute Gasteiger partial charge is 0.341 e. The number of carbonyl (C=O) groups is 2. The number of nitrogens with one attached hydrogen (secondary N) is 3. The zero-order chi connectivity index (χ0) is 12.8. The highest BCUT2D eigenvalue weighted by Gasteiger charge is 2.22. The van der Waals surface area contributed by atoms with Gasteiger partial charge in [-0.2, -0.15) is 0 Å². The number of hydrogen-bond donors (Lipinski definition) is 3. The summed E-state index contributed by atoms with van der Waals surface area (Å²) in [5, 5.41) is 7.68. The first-order chi connectivity index (χ1) is 8.02. The number of rotatable bonds is 3. The Labute approximate surface area is 103 Å². The molecule has 1 rings (SSSR count). The summed E-state index contributed by atoms with van der Waals surface area (Å²) in [7, 11) is 0.754. The van der Waals surface area contributed by atoms with Gasteiger partial charge in [0.2, 0.25) is 5.91 Å². The maximum atomic E-state index is 11.6. The average molecular weight is 261 g/mol. The van der Waals surface area contributed by atoms with Crippen LogP contribution in [-0.4, -0.2) is 46.8 Å². The Morgan fingerprint density at radius 2 is 1.88 bits per heavy atom. The van der Waals surface area contributed by atoms with Crippen molar-refractivity contribution in [3.63, 3.8) is 0 Å². The number of carbonyl (C=O) groups excluding carboxylic acids is 2. The Morgan fingerprint density at radius 3 is 2.41 bits per heavy atom. The molecule has 3 amide bonds. The highest BCUT2D eigenvalue weighted by Crippen LogP contribution is 2.09. The van der Waals surface area contributed by atoms with Crippen molar-refractivity contribution in [2.24, 2.45) is 0 Å². The Kier molecular flexibility index (Phi) is 5.57. The van der Waals surface area contributed by atoms with Gasteiger partial charge in [0.15, 0.2) is 0 Å². The van der Waals surface area contributed by atoms with Crippen molar-refractivity contribution < 1.29 is 13.8 Å². The summed E-state index contributed by atoms with van der Waals surface area (Å²) >= 11 is 0. The second-order valence-electron chi connectivity index (χ2n) is 4.08. The van der Waals surface area contributed by atoms with E-state index in [1.807, 2.05) is 0 Å². The summed E-state index contributed by atoms with van der Waals surface area (Å²) in [6, 6.07) is -0.727. The molecule has 7 heteroatoms. The highest BCUT2D eigenvalue weighted by atomic mass is 32.2. The molecule has 0 bridgehead atoms. The van der Waals surface area contributed by atoms with Crippen LogP contribution in [0.4, 0.5) is 4.79 Å². The van der Waals surface area contributed by atoms with Crippen LogP contribution >= 0.6 is 0 Å². The molecule has 1 heterocycles. The van der Waals surface area contributed by atoms with Crippen molar-refractivity contribution in [1.82, 2.24) is 16.0 Å². The summed E-state index contributed by atoms with van der Waals surface area (Å²) in [6.45, 7) is 1.71. The van der Waals surface area contributed by atoms with Crippen molar-refractivity contribution in [3.8, 4) is 0 Å². The molecule has 1 unspecified atom stereocenters. The van der Waals surface area contributed by atoms with E-state index in [0.29, 0.717) is 11.5 Å². The molecule has 6 nitrogen and oxygen atoms in total. The molecule has 98 valence electrons. The maximum Gasteiger partial charge on any atom is 0.321 e. The molecule has 1 saturated heterocycles. The average Bonchev–Trinajstić information content (AvgIpc) is 2.31. The quantitative estimate of drug-likeness (QED) is 0.629. The molecule has 17 heavy (non-hydrogen) atoms. The van der Waals surface area contributed by atoms with Crippen LogP contribution in [0.25, 0.3) is 0 Å². The highest BCUT2D eigenvalue weighted by molar-refractivity contribution is 7.85. The van der Waals surface area contributed by atoms with Gasteiger partial charge in [-0.25, -0.2) is 4.79 Å².